The van der Waals surface area contributed by atoms with Gasteiger partial charge in [-0.15, -0.1) is 0 Å². The molecule has 1 aromatic heterocycles. The van der Waals surface area contributed by atoms with E-state index in [0.717, 1.165) is 57.6 Å². The van der Waals surface area contributed by atoms with Crippen molar-refractivity contribution in [3.63, 3.8) is 0 Å². The number of hydrogen-bond donors (Lipinski definition) is 0. The molecule has 2 unspecified atom stereocenters. The number of carbonyl (C=O) groups excluding carboxylic acids is 1. The third-order valence-corrected chi connectivity index (χ3v) is 6.43. The fourth-order valence-electron chi connectivity index (χ4n) is 5.12. The van der Waals surface area contributed by atoms with E-state index in [1.54, 1.807) is 5.06 Å². The van der Waals surface area contributed by atoms with Crippen LogP contribution in [-0.2, 0) is 23.2 Å². The lowest BCUT2D eigenvalue weighted by atomic mass is 9.76. The van der Waals surface area contributed by atoms with E-state index in [2.05, 4.69) is 23.1 Å². The number of hydroxylamine groups is 2. The van der Waals surface area contributed by atoms with Gasteiger partial charge in [0.2, 0.25) is 5.91 Å². The first kappa shape index (κ1) is 17.0. The number of aromatic nitrogens is 2. The summed E-state index contributed by atoms with van der Waals surface area (Å²) in [6.45, 7) is 6.60. The highest BCUT2D eigenvalue weighted by atomic mass is 16.7. The maximum Gasteiger partial charge on any atom is 0.249 e. The highest BCUT2D eigenvalue weighted by Crippen LogP contribution is 2.50. The Hall–Kier alpha value is -1.40. The third-order valence-electron chi connectivity index (χ3n) is 6.43. The van der Waals surface area contributed by atoms with Crippen LogP contribution in [0.3, 0.4) is 0 Å². The Morgan fingerprint density at radius 1 is 1.32 bits per heavy atom. The number of aryl methyl sites for hydroxylation is 2. The minimum Gasteiger partial charge on any atom is -0.298 e. The molecular weight excluding hydrogens is 316 g/mol. The average molecular weight is 346 g/mol. The predicted molar refractivity (Wildman–Crippen MR) is 94.5 cm³/mol. The number of hydrogen-bond acceptors (Lipinski definition) is 4. The van der Waals surface area contributed by atoms with Crippen LogP contribution in [0.4, 0.5) is 0 Å². The molecule has 4 rings (SSSR count). The lowest BCUT2D eigenvalue weighted by Gasteiger charge is -2.35. The molecule has 3 heterocycles. The van der Waals surface area contributed by atoms with E-state index < -0.39 is 0 Å². The highest BCUT2D eigenvalue weighted by molar-refractivity contribution is 5.79. The maximum atomic E-state index is 13.1. The largest absolute Gasteiger partial charge is 0.298 e. The van der Waals surface area contributed by atoms with Crippen molar-refractivity contribution in [3.05, 3.63) is 17.5 Å². The monoisotopic (exact) mass is 346 g/mol. The molecule has 3 aliphatic rings. The number of rotatable bonds is 3. The van der Waals surface area contributed by atoms with Crippen molar-refractivity contribution in [3.8, 4) is 0 Å². The Morgan fingerprint density at radius 3 is 2.92 bits per heavy atom. The number of amides is 1. The average Bonchev–Trinajstić information content (AvgIpc) is 3.29. The normalized spacial score (nSPS) is 30.5. The lowest BCUT2D eigenvalue weighted by molar-refractivity contribution is -0.204. The molecule has 1 spiro atoms. The third kappa shape index (κ3) is 3.22. The van der Waals surface area contributed by atoms with Crippen LogP contribution in [0.2, 0.25) is 0 Å². The molecule has 6 nitrogen and oxygen atoms in total. The molecule has 1 amide bonds. The Morgan fingerprint density at radius 2 is 2.20 bits per heavy atom. The standard InChI is InChI=1S/C19H30N4O2/c1-15-16(12-21(2)20-15)13-22-10-8-19(14-22)7-5-6-17(19)18(24)23-9-3-4-11-25-23/h12,17H,3-11,13-14H2,1-2H3. The molecular formula is C19H30N4O2. The second-order valence-electron chi connectivity index (χ2n) is 8.16. The minimum absolute atomic E-state index is 0.144. The predicted octanol–water partition coefficient (Wildman–Crippen LogP) is 2.27. The molecule has 1 aromatic rings. The molecule has 0 aromatic carbocycles. The molecule has 6 heteroatoms. The summed E-state index contributed by atoms with van der Waals surface area (Å²) in [5, 5.41) is 6.13. The fourth-order valence-corrected chi connectivity index (χ4v) is 5.12. The number of nitrogens with zero attached hydrogens (tertiary/aromatic N) is 4. The number of carbonyl (C=O) groups is 1. The summed E-state index contributed by atoms with van der Waals surface area (Å²) in [4.78, 5) is 21.2. The quantitative estimate of drug-likeness (QED) is 0.842. The summed E-state index contributed by atoms with van der Waals surface area (Å²) in [6.07, 6.45) is 8.77. The summed E-state index contributed by atoms with van der Waals surface area (Å²) in [5.41, 5.74) is 2.58. The lowest BCUT2D eigenvalue weighted by Crippen LogP contribution is -2.45. The maximum absolute atomic E-state index is 13.1. The van der Waals surface area contributed by atoms with Gasteiger partial charge in [-0.05, 0) is 51.0 Å². The van der Waals surface area contributed by atoms with Crippen LogP contribution < -0.4 is 0 Å². The molecule has 0 N–H and O–H groups in total. The van der Waals surface area contributed by atoms with Gasteiger partial charge in [0.05, 0.1) is 12.3 Å². The summed E-state index contributed by atoms with van der Waals surface area (Å²) in [6, 6.07) is 0. The van der Waals surface area contributed by atoms with E-state index in [1.165, 1.54) is 18.4 Å². The zero-order chi connectivity index (χ0) is 17.4. The van der Waals surface area contributed by atoms with E-state index in [0.29, 0.717) is 6.61 Å². The first-order chi connectivity index (χ1) is 12.1. The van der Waals surface area contributed by atoms with Gasteiger partial charge in [-0.2, -0.15) is 5.10 Å². The fraction of sp³-hybridized carbons (Fsp3) is 0.789. The zero-order valence-electron chi connectivity index (χ0n) is 15.5. The zero-order valence-corrected chi connectivity index (χ0v) is 15.5. The molecule has 0 bridgehead atoms. The van der Waals surface area contributed by atoms with Crippen LogP contribution in [0.25, 0.3) is 0 Å². The van der Waals surface area contributed by atoms with Crippen molar-refractivity contribution >= 4 is 5.91 Å². The Bertz CT molecular complexity index is 637. The van der Waals surface area contributed by atoms with Crippen molar-refractivity contribution in [1.29, 1.82) is 0 Å². The molecule has 1 saturated carbocycles. The van der Waals surface area contributed by atoms with Gasteiger partial charge in [0.15, 0.2) is 0 Å². The summed E-state index contributed by atoms with van der Waals surface area (Å²) < 4.78 is 1.89. The summed E-state index contributed by atoms with van der Waals surface area (Å²) >= 11 is 0. The SMILES string of the molecule is Cc1nn(C)cc1CN1CCC2(CCCC2C(=O)N2CCCCO2)C1. The highest BCUT2D eigenvalue weighted by Gasteiger charge is 2.51. The van der Waals surface area contributed by atoms with Crippen LogP contribution in [-0.4, -0.2) is 51.9 Å². The summed E-state index contributed by atoms with van der Waals surface area (Å²) in [7, 11) is 1.98. The molecule has 1 aliphatic carbocycles. The van der Waals surface area contributed by atoms with Gasteiger partial charge in [-0.1, -0.05) is 6.42 Å². The van der Waals surface area contributed by atoms with E-state index in [4.69, 9.17) is 4.84 Å². The van der Waals surface area contributed by atoms with Gasteiger partial charge >= 0.3 is 0 Å². The second-order valence-corrected chi connectivity index (χ2v) is 8.16. The van der Waals surface area contributed by atoms with E-state index >= 15 is 0 Å². The van der Waals surface area contributed by atoms with Crippen molar-refractivity contribution in [2.75, 3.05) is 26.2 Å². The van der Waals surface area contributed by atoms with Crippen LogP contribution >= 0.6 is 0 Å². The second kappa shape index (κ2) is 6.72. The Labute approximate surface area is 150 Å². The van der Waals surface area contributed by atoms with E-state index in [-0.39, 0.29) is 17.2 Å². The molecule has 2 aliphatic heterocycles. The number of likely N-dealkylation sites (tertiary alicyclic amines) is 1. The van der Waals surface area contributed by atoms with Gasteiger partial charge < -0.3 is 0 Å². The molecule has 2 saturated heterocycles. The van der Waals surface area contributed by atoms with Crippen LogP contribution in [0.1, 0.15) is 49.8 Å². The smallest absolute Gasteiger partial charge is 0.249 e. The Balaban J connectivity index is 1.44. The first-order valence-corrected chi connectivity index (χ1v) is 9.73. The van der Waals surface area contributed by atoms with Gasteiger partial charge in [0, 0.05) is 44.4 Å². The van der Waals surface area contributed by atoms with Gasteiger partial charge in [0.1, 0.15) is 0 Å². The Kier molecular flexibility index (Phi) is 4.58. The minimum atomic E-state index is 0.144. The van der Waals surface area contributed by atoms with Gasteiger partial charge in [0.25, 0.3) is 0 Å². The molecule has 3 fully saturated rings. The topological polar surface area (TPSA) is 50.6 Å². The van der Waals surface area contributed by atoms with Gasteiger partial charge in [-0.3, -0.25) is 19.2 Å². The summed E-state index contributed by atoms with van der Waals surface area (Å²) in [5.74, 6) is 0.391. The van der Waals surface area contributed by atoms with Crippen molar-refractivity contribution in [2.45, 2.75) is 52.0 Å². The molecule has 138 valence electrons. The van der Waals surface area contributed by atoms with Crippen molar-refractivity contribution < 1.29 is 9.63 Å². The first-order valence-electron chi connectivity index (χ1n) is 9.73. The molecule has 0 radical (unpaired) electrons. The molecule has 2 atom stereocenters. The van der Waals surface area contributed by atoms with E-state index in [1.807, 2.05) is 11.7 Å². The van der Waals surface area contributed by atoms with E-state index in [9.17, 15) is 4.79 Å². The van der Waals surface area contributed by atoms with Crippen molar-refractivity contribution in [1.82, 2.24) is 19.7 Å². The van der Waals surface area contributed by atoms with Crippen molar-refractivity contribution in [2.24, 2.45) is 18.4 Å². The van der Waals surface area contributed by atoms with Gasteiger partial charge in [-0.25, -0.2) is 5.06 Å². The van der Waals surface area contributed by atoms with Crippen LogP contribution in [0, 0.1) is 18.3 Å². The van der Waals surface area contributed by atoms with Crippen LogP contribution in [0.5, 0.6) is 0 Å². The molecule has 25 heavy (non-hydrogen) atoms. The van der Waals surface area contributed by atoms with Crippen LogP contribution in [0.15, 0.2) is 6.20 Å².